The molecule has 0 atom stereocenters. The van der Waals surface area contributed by atoms with Crippen LogP contribution in [-0.4, -0.2) is 52.4 Å². The van der Waals surface area contributed by atoms with Gasteiger partial charge in [0.25, 0.3) is 0 Å². The first-order valence-electron chi connectivity index (χ1n) is 13.4. The highest BCUT2D eigenvalue weighted by Crippen LogP contribution is 2.38. The first kappa shape index (κ1) is 29.5. The number of nitrogens with zero attached hydrogens (tertiary/aromatic N) is 1. The SMILES string of the molecule is COc1ccc(C=CC(=O)c2cc(OC)c(OC)c(OC)c2)cc1OCCOc1cccc(-c2nc3ccccc3s2)c1. The largest absolute Gasteiger partial charge is 0.493 e. The van der Waals surface area contributed by atoms with Crippen LogP contribution in [0.4, 0.5) is 0 Å². The molecule has 0 saturated heterocycles. The first-order chi connectivity index (χ1) is 21.0. The molecular formula is C34H31NO7S. The Bertz CT molecular complexity index is 1700. The molecule has 5 aromatic rings. The summed E-state index contributed by atoms with van der Waals surface area (Å²) in [7, 11) is 6.11. The number of aromatic nitrogens is 1. The summed E-state index contributed by atoms with van der Waals surface area (Å²) in [6.07, 6.45) is 3.19. The lowest BCUT2D eigenvalue weighted by molar-refractivity contribution is 0.104. The van der Waals surface area contributed by atoms with Gasteiger partial charge in [-0.15, -0.1) is 11.3 Å². The van der Waals surface area contributed by atoms with Crippen molar-refractivity contribution in [1.29, 1.82) is 0 Å². The van der Waals surface area contributed by atoms with Crippen LogP contribution < -0.4 is 28.4 Å². The molecule has 0 aliphatic rings. The fraction of sp³-hybridized carbons (Fsp3) is 0.176. The summed E-state index contributed by atoms with van der Waals surface area (Å²) in [6, 6.07) is 24.6. The fourth-order valence-corrected chi connectivity index (χ4v) is 5.39. The van der Waals surface area contributed by atoms with Crippen LogP contribution in [0.25, 0.3) is 26.9 Å². The van der Waals surface area contributed by atoms with Crippen LogP contribution in [0.3, 0.4) is 0 Å². The second kappa shape index (κ2) is 13.8. The molecule has 5 rings (SSSR count). The van der Waals surface area contributed by atoms with Crippen molar-refractivity contribution >= 4 is 33.4 Å². The van der Waals surface area contributed by atoms with E-state index in [0.29, 0.717) is 47.5 Å². The van der Waals surface area contributed by atoms with Gasteiger partial charge in [0, 0.05) is 11.1 Å². The predicted octanol–water partition coefficient (Wildman–Crippen LogP) is 7.35. The van der Waals surface area contributed by atoms with Gasteiger partial charge in [0.05, 0.1) is 38.7 Å². The third-order valence-electron chi connectivity index (χ3n) is 6.55. The van der Waals surface area contributed by atoms with Crippen LogP contribution in [0.15, 0.2) is 84.9 Å². The molecule has 0 unspecified atom stereocenters. The van der Waals surface area contributed by atoms with Crippen molar-refractivity contribution in [2.45, 2.75) is 0 Å². The number of carbonyl (C=O) groups excluding carboxylic acids is 1. The van der Waals surface area contributed by atoms with Gasteiger partial charge in [-0.1, -0.05) is 36.4 Å². The van der Waals surface area contributed by atoms with Crippen molar-refractivity contribution in [2.24, 2.45) is 0 Å². The van der Waals surface area contributed by atoms with Gasteiger partial charge < -0.3 is 28.4 Å². The van der Waals surface area contributed by atoms with E-state index in [0.717, 1.165) is 32.1 Å². The van der Waals surface area contributed by atoms with Crippen LogP contribution in [0.5, 0.6) is 34.5 Å². The molecular weight excluding hydrogens is 566 g/mol. The molecule has 0 bridgehead atoms. The smallest absolute Gasteiger partial charge is 0.203 e. The Labute approximate surface area is 254 Å². The Kier molecular flexibility index (Phi) is 9.43. The number of thiazole rings is 1. The zero-order valence-corrected chi connectivity index (χ0v) is 25.1. The van der Waals surface area contributed by atoms with E-state index in [9.17, 15) is 4.79 Å². The number of benzene rings is 4. The quantitative estimate of drug-likeness (QED) is 0.0791. The molecule has 220 valence electrons. The van der Waals surface area contributed by atoms with Gasteiger partial charge in [0.2, 0.25) is 5.75 Å². The maximum Gasteiger partial charge on any atom is 0.203 e. The fourth-order valence-electron chi connectivity index (χ4n) is 4.43. The number of hydrogen-bond donors (Lipinski definition) is 0. The van der Waals surface area contributed by atoms with Gasteiger partial charge in [0.1, 0.15) is 24.0 Å². The molecule has 0 N–H and O–H groups in total. The summed E-state index contributed by atoms with van der Waals surface area (Å²) in [6.45, 7) is 0.616. The van der Waals surface area contributed by atoms with E-state index < -0.39 is 0 Å². The van der Waals surface area contributed by atoms with E-state index in [4.69, 9.17) is 33.4 Å². The number of ether oxygens (including phenoxy) is 6. The van der Waals surface area contributed by atoms with Gasteiger partial charge in [0.15, 0.2) is 28.8 Å². The van der Waals surface area contributed by atoms with Gasteiger partial charge in [-0.05, 0) is 60.2 Å². The molecule has 8 nitrogen and oxygen atoms in total. The van der Waals surface area contributed by atoms with Crippen LogP contribution in [-0.2, 0) is 0 Å². The maximum atomic E-state index is 13.0. The van der Waals surface area contributed by atoms with Crippen LogP contribution >= 0.6 is 11.3 Å². The number of methoxy groups -OCH3 is 4. The van der Waals surface area contributed by atoms with Crippen LogP contribution in [0, 0.1) is 0 Å². The Morgan fingerprint density at radius 1 is 0.744 bits per heavy atom. The molecule has 1 heterocycles. The lowest BCUT2D eigenvalue weighted by Crippen LogP contribution is -2.09. The summed E-state index contributed by atoms with van der Waals surface area (Å²) >= 11 is 1.65. The van der Waals surface area contributed by atoms with Crippen molar-refractivity contribution in [2.75, 3.05) is 41.7 Å². The first-order valence-corrected chi connectivity index (χ1v) is 14.3. The third kappa shape index (κ3) is 6.90. The second-order valence-corrected chi connectivity index (χ2v) is 10.3. The van der Waals surface area contributed by atoms with Crippen LogP contribution in [0.1, 0.15) is 15.9 Å². The zero-order valence-electron chi connectivity index (χ0n) is 24.3. The van der Waals surface area contributed by atoms with Gasteiger partial charge >= 0.3 is 0 Å². The third-order valence-corrected chi connectivity index (χ3v) is 7.63. The molecule has 0 amide bonds. The lowest BCUT2D eigenvalue weighted by Gasteiger charge is -2.13. The topological polar surface area (TPSA) is 85.3 Å². The van der Waals surface area contributed by atoms with E-state index in [1.165, 1.54) is 27.4 Å². The van der Waals surface area contributed by atoms with E-state index in [1.807, 2.05) is 54.6 Å². The number of carbonyl (C=O) groups is 1. The van der Waals surface area contributed by atoms with E-state index in [2.05, 4.69) is 6.07 Å². The Morgan fingerprint density at radius 2 is 1.49 bits per heavy atom. The molecule has 0 radical (unpaired) electrons. The number of rotatable bonds is 13. The second-order valence-electron chi connectivity index (χ2n) is 9.23. The van der Waals surface area contributed by atoms with E-state index in [-0.39, 0.29) is 5.78 Å². The molecule has 9 heteroatoms. The summed E-state index contributed by atoms with van der Waals surface area (Å²) in [5.74, 6) is 2.86. The predicted molar refractivity (Wildman–Crippen MR) is 169 cm³/mol. The number of ketones is 1. The molecule has 43 heavy (non-hydrogen) atoms. The summed E-state index contributed by atoms with van der Waals surface area (Å²) in [4.78, 5) is 17.7. The van der Waals surface area contributed by atoms with E-state index >= 15 is 0 Å². The minimum Gasteiger partial charge on any atom is -0.493 e. The average Bonchev–Trinajstić information content (AvgIpc) is 3.49. The molecule has 0 aliphatic heterocycles. The van der Waals surface area contributed by atoms with Gasteiger partial charge in [-0.3, -0.25) is 4.79 Å². The normalized spacial score (nSPS) is 11.0. The number of para-hydroxylation sites is 1. The Hall–Kier alpha value is -5.02. The minimum atomic E-state index is -0.223. The highest BCUT2D eigenvalue weighted by atomic mass is 32.1. The van der Waals surface area contributed by atoms with E-state index in [1.54, 1.807) is 42.7 Å². The van der Waals surface area contributed by atoms with Crippen molar-refractivity contribution in [1.82, 2.24) is 4.98 Å². The zero-order chi connectivity index (χ0) is 30.2. The Balaban J connectivity index is 1.22. The lowest BCUT2D eigenvalue weighted by atomic mass is 10.1. The number of hydrogen-bond acceptors (Lipinski definition) is 9. The standard InChI is InChI=1S/C34H31NO7S/c1-37-28-15-13-22(12-14-27(36)24-20-30(38-2)33(40-4)31(21-24)39-3)18-29(28)42-17-16-41-25-9-7-8-23(19-25)34-35-26-10-5-6-11-32(26)43-34/h5-15,18-21H,16-17H2,1-4H3. The van der Waals surface area contributed by atoms with Crippen molar-refractivity contribution < 1.29 is 33.2 Å². The monoisotopic (exact) mass is 597 g/mol. The van der Waals surface area contributed by atoms with Gasteiger partial charge in [-0.2, -0.15) is 0 Å². The molecule has 0 saturated carbocycles. The van der Waals surface area contributed by atoms with Crippen molar-refractivity contribution in [3.63, 3.8) is 0 Å². The van der Waals surface area contributed by atoms with Crippen molar-refractivity contribution in [3.05, 3.63) is 96.1 Å². The summed E-state index contributed by atoms with van der Waals surface area (Å²) in [5.41, 5.74) is 3.15. The molecule has 0 spiro atoms. The number of fused-ring (bicyclic) bond motifs is 1. The van der Waals surface area contributed by atoms with Crippen LogP contribution in [0.2, 0.25) is 0 Å². The minimum absolute atomic E-state index is 0.223. The molecule has 0 aliphatic carbocycles. The summed E-state index contributed by atoms with van der Waals surface area (Å²) in [5, 5.41) is 0.946. The number of allylic oxidation sites excluding steroid dienone is 1. The average molecular weight is 598 g/mol. The maximum absolute atomic E-state index is 13.0. The highest BCUT2D eigenvalue weighted by molar-refractivity contribution is 7.21. The highest BCUT2D eigenvalue weighted by Gasteiger charge is 2.16. The van der Waals surface area contributed by atoms with Crippen molar-refractivity contribution in [3.8, 4) is 45.1 Å². The summed E-state index contributed by atoms with van der Waals surface area (Å²) < 4.78 is 34.7. The molecule has 4 aromatic carbocycles. The molecule has 0 fully saturated rings. The van der Waals surface area contributed by atoms with Gasteiger partial charge in [-0.25, -0.2) is 4.98 Å². The Morgan fingerprint density at radius 3 is 2.21 bits per heavy atom. The molecule has 1 aromatic heterocycles.